The highest BCUT2D eigenvalue weighted by Gasteiger charge is 2.67. The topological polar surface area (TPSA) is 97.6 Å². The molecule has 8 nitrogen and oxygen atoms in total. The zero-order valence-corrected chi connectivity index (χ0v) is 14.0. The van der Waals surface area contributed by atoms with E-state index in [1.54, 1.807) is 24.6 Å². The molecule has 25 heavy (non-hydrogen) atoms. The summed E-state index contributed by atoms with van der Waals surface area (Å²) < 4.78 is 11.1. The quantitative estimate of drug-likeness (QED) is 0.832. The Labute approximate surface area is 146 Å². The van der Waals surface area contributed by atoms with Crippen LogP contribution in [0, 0.1) is 18.8 Å². The number of nitrogens with one attached hydrogen (secondary N) is 1. The van der Waals surface area contributed by atoms with Gasteiger partial charge < -0.3 is 14.6 Å². The number of ether oxygens (including phenoxy) is 1. The second-order valence-corrected chi connectivity index (χ2v) is 7.34. The average Bonchev–Trinajstić information content (AvgIpc) is 3.36. The van der Waals surface area contributed by atoms with Crippen molar-refractivity contribution in [3.8, 4) is 0 Å². The van der Waals surface area contributed by atoms with Crippen LogP contribution in [0.4, 0.5) is 10.9 Å². The zero-order chi connectivity index (χ0) is 17.2. The van der Waals surface area contributed by atoms with E-state index in [9.17, 15) is 9.59 Å². The van der Waals surface area contributed by atoms with Crippen molar-refractivity contribution in [1.29, 1.82) is 0 Å². The number of hydrogen-bond donors (Lipinski definition) is 1. The monoisotopic (exact) mass is 358 g/mol. The molecule has 9 heteroatoms. The number of aryl methyl sites for hydroxylation is 1. The van der Waals surface area contributed by atoms with Crippen molar-refractivity contribution >= 4 is 34.1 Å². The van der Waals surface area contributed by atoms with Gasteiger partial charge in [0, 0.05) is 17.6 Å². The number of aromatic nitrogens is 2. The third-order valence-corrected chi connectivity index (χ3v) is 5.65. The molecule has 2 fully saturated rings. The largest absolute Gasteiger partial charge is 0.360 e. The maximum absolute atomic E-state index is 13.0. The second kappa shape index (κ2) is 4.99. The summed E-state index contributed by atoms with van der Waals surface area (Å²) in [4.78, 5) is 31.4. The van der Waals surface area contributed by atoms with Crippen molar-refractivity contribution in [2.24, 2.45) is 11.8 Å². The number of thiazole rings is 1. The number of carbonyl (C=O) groups is 2. The molecule has 2 aromatic rings. The lowest BCUT2D eigenvalue weighted by Crippen LogP contribution is -2.41. The van der Waals surface area contributed by atoms with Gasteiger partial charge >= 0.3 is 0 Å². The molecule has 2 aromatic heterocycles. The molecule has 4 atom stereocenters. The Kier molecular flexibility index (Phi) is 2.95. The molecule has 0 unspecified atom stereocenters. The minimum Gasteiger partial charge on any atom is -0.360 e. The van der Waals surface area contributed by atoms with E-state index in [-0.39, 0.29) is 11.8 Å². The number of rotatable bonds is 3. The van der Waals surface area contributed by atoms with Crippen LogP contribution in [-0.4, -0.2) is 40.2 Å². The maximum atomic E-state index is 13.0. The number of anilines is 2. The van der Waals surface area contributed by atoms with Crippen molar-refractivity contribution < 1.29 is 18.8 Å². The smallest absolute Gasteiger partial charge is 0.235 e. The van der Waals surface area contributed by atoms with Crippen molar-refractivity contribution in [2.75, 3.05) is 16.8 Å². The van der Waals surface area contributed by atoms with Crippen LogP contribution in [0.25, 0.3) is 0 Å². The first-order valence-electron chi connectivity index (χ1n) is 7.90. The molecule has 0 radical (unpaired) electrons. The van der Waals surface area contributed by atoms with Crippen molar-refractivity contribution in [3.63, 3.8) is 0 Å². The molecule has 5 heterocycles. The Bertz CT molecular complexity index is 892. The molecule has 3 aliphatic rings. The molecule has 2 bridgehead atoms. The van der Waals surface area contributed by atoms with Gasteiger partial charge in [-0.05, 0) is 6.92 Å². The standard InChI is InChI=1S/C16H14N4O4S/c1-8-6-10(19-24-8)20-7-16-3-2-9(23-16)11(12(16)14(20)22)13(21)18-15-17-4-5-25-15/h2-6,9,11-12H,7H2,1H3,(H,17,18,21)/t9-,11-,12-,16+/m1/s1. The Morgan fingerprint density at radius 3 is 3.12 bits per heavy atom. The van der Waals surface area contributed by atoms with Gasteiger partial charge in [0.15, 0.2) is 10.9 Å². The number of nitrogens with zero attached hydrogens (tertiary/aromatic N) is 3. The van der Waals surface area contributed by atoms with Gasteiger partial charge in [-0.1, -0.05) is 17.3 Å². The van der Waals surface area contributed by atoms with Gasteiger partial charge in [0.1, 0.15) is 11.4 Å². The molecular weight excluding hydrogens is 344 g/mol. The first-order chi connectivity index (χ1) is 12.1. The van der Waals surface area contributed by atoms with Crippen LogP contribution < -0.4 is 10.2 Å². The van der Waals surface area contributed by atoms with Crippen LogP contribution in [0.15, 0.2) is 34.3 Å². The summed E-state index contributed by atoms with van der Waals surface area (Å²) in [7, 11) is 0. The summed E-state index contributed by atoms with van der Waals surface area (Å²) in [6, 6.07) is 1.70. The maximum Gasteiger partial charge on any atom is 0.235 e. The van der Waals surface area contributed by atoms with Crippen molar-refractivity contribution in [1.82, 2.24) is 10.1 Å². The highest BCUT2D eigenvalue weighted by molar-refractivity contribution is 7.13. The lowest BCUT2D eigenvalue weighted by atomic mass is 9.77. The molecule has 1 N–H and O–H groups in total. The van der Waals surface area contributed by atoms with Crippen LogP contribution in [0.1, 0.15) is 5.76 Å². The normalized spacial score (nSPS) is 32.4. The summed E-state index contributed by atoms with van der Waals surface area (Å²) >= 11 is 1.33. The van der Waals surface area contributed by atoms with Crippen LogP contribution in [0.3, 0.4) is 0 Å². The Morgan fingerprint density at radius 2 is 2.40 bits per heavy atom. The van der Waals surface area contributed by atoms with E-state index in [2.05, 4.69) is 15.5 Å². The molecule has 0 aliphatic carbocycles. The van der Waals surface area contributed by atoms with E-state index < -0.39 is 23.5 Å². The minimum absolute atomic E-state index is 0.167. The summed E-state index contributed by atoms with van der Waals surface area (Å²) in [5.74, 6) is -0.497. The third kappa shape index (κ3) is 2.02. The molecule has 3 aliphatic heterocycles. The van der Waals surface area contributed by atoms with Gasteiger partial charge in [0.2, 0.25) is 11.8 Å². The van der Waals surface area contributed by atoms with Crippen LogP contribution in [0.5, 0.6) is 0 Å². The van der Waals surface area contributed by atoms with E-state index in [1.807, 2.05) is 12.2 Å². The Balaban J connectivity index is 1.46. The van der Waals surface area contributed by atoms with E-state index in [0.29, 0.717) is 23.3 Å². The molecule has 128 valence electrons. The van der Waals surface area contributed by atoms with Crippen LogP contribution >= 0.6 is 11.3 Å². The Morgan fingerprint density at radius 1 is 1.52 bits per heavy atom. The lowest BCUT2D eigenvalue weighted by molar-refractivity contribution is -0.128. The average molecular weight is 358 g/mol. The molecule has 5 rings (SSSR count). The van der Waals surface area contributed by atoms with Gasteiger partial charge in [0.05, 0.1) is 24.5 Å². The highest BCUT2D eigenvalue weighted by atomic mass is 32.1. The second-order valence-electron chi connectivity index (χ2n) is 6.45. The van der Waals surface area contributed by atoms with Gasteiger partial charge in [-0.25, -0.2) is 4.98 Å². The fourth-order valence-corrected chi connectivity index (χ4v) is 4.48. The van der Waals surface area contributed by atoms with Gasteiger partial charge in [-0.15, -0.1) is 11.3 Å². The number of carbonyl (C=O) groups excluding carboxylic acids is 2. The first kappa shape index (κ1) is 14.8. The van der Waals surface area contributed by atoms with E-state index >= 15 is 0 Å². The number of amides is 2. The van der Waals surface area contributed by atoms with Gasteiger partial charge in [-0.3, -0.25) is 14.5 Å². The zero-order valence-electron chi connectivity index (χ0n) is 13.2. The molecule has 0 saturated carbocycles. The highest BCUT2D eigenvalue weighted by Crippen LogP contribution is 2.52. The summed E-state index contributed by atoms with van der Waals surface area (Å²) in [6.45, 7) is 2.10. The van der Waals surface area contributed by atoms with Gasteiger partial charge in [-0.2, -0.15) is 0 Å². The SMILES string of the molecule is Cc1cc(N2C[C@]34C=C[C@@H](O3)[C@@H](C(=O)Nc3nccs3)[C@@H]4C2=O)no1. The summed E-state index contributed by atoms with van der Waals surface area (Å²) in [5.41, 5.74) is -0.778. The molecule has 1 spiro atoms. The Hall–Kier alpha value is -2.52. The number of fused-ring (bicyclic) bond motifs is 1. The molecular formula is C16H14N4O4S. The van der Waals surface area contributed by atoms with E-state index in [0.717, 1.165) is 0 Å². The molecule has 2 saturated heterocycles. The van der Waals surface area contributed by atoms with E-state index in [4.69, 9.17) is 9.26 Å². The van der Waals surface area contributed by atoms with Gasteiger partial charge in [0.25, 0.3) is 0 Å². The lowest BCUT2D eigenvalue weighted by Gasteiger charge is -2.22. The predicted molar refractivity (Wildman–Crippen MR) is 88.1 cm³/mol. The van der Waals surface area contributed by atoms with Crippen molar-refractivity contribution in [3.05, 3.63) is 35.6 Å². The number of hydrogen-bond acceptors (Lipinski definition) is 7. The van der Waals surface area contributed by atoms with Crippen LogP contribution in [0.2, 0.25) is 0 Å². The van der Waals surface area contributed by atoms with E-state index in [1.165, 1.54) is 16.2 Å². The fourth-order valence-electron chi connectivity index (χ4n) is 3.95. The predicted octanol–water partition coefficient (Wildman–Crippen LogP) is 1.36. The third-order valence-electron chi connectivity index (χ3n) is 4.96. The minimum atomic E-state index is -0.778. The summed E-state index contributed by atoms with van der Waals surface area (Å²) in [6.07, 6.45) is 5.00. The first-order valence-corrected chi connectivity index (χ1v) is 8.78. The summed E-state index contributed by atoms with van der Waals surface area (Å²) in [5, 5.41) is 9.01. The van der Waals surface area contributed by atoms with Crippen LogP contribution in [-0.2, 0) is 14.3 Å². The molecule has 2 amide bonds. The molecule has 0 aromatic carbocycles. The fraction of sp³-hybridized carbons (Fsp3) is 0.375. The van der Waals surface area contributed by atoms with Crippen molar-refractivity contribution in [2.45, 2.75) is 18.6 Å².